The summed E-state index contributed by atoms with van der Waals surface area (Å²) in [5.41, 5.74) is 4.15. The Hall–Kier alpha value is -1.06. The van der Waals surface area contributed by atoms with Gasteiger partial charge in [-0.3, -0.25) is 11.3 Å². The van der Waals surface area contributed by atoms with Crippen LogP contribution in [0.15, 0.2) is 24.3 Å². The van der Waals surface area contributed by atoms with Crippen LogP contribution >= 0.6 is 0 Å². The molecule has 0 bridgehead atoms. The van der Waals surface area contributed by atoms with E-state index in [2.05, 4.69) is 38.3 Å². The Balaban J connectivity index is 2.13. The first-order valence-electron chi connectivity index (χ1n) is 6.84. The minimum Gasteiger partial charge on any atom is -0.490 e. The quantitative estimate of drug-likeness (QED) is 0.601. The molecule has 1 fully saturated rings. The molecule has 0 amide bonds. The summed E-state index contributed by atoms with van der Waals surface area (Å²) in [7, 11) is 0. The zero-order valence-corrected chi connectivity index (χ0v) is 11.5. The third-order valence-corrected chi connectivity index (χ3v) is 3.80. The highest BCUT2D eigenvalue weighted by atomic mass is 16.5. The van der Waals surface area contributed by atoms with Crippen molar-refractivity contribution in [2.75, 3.05) is 0 Å². The summed E-state index contributed by atoms with van der Waals surface area (Å²) in [6, 6.07) is 8.47. The lowest BCUT2D eigenvalue weighted by atomic mass is 9.86. The maximum Gasteiger partial charge on any atom is 0.120 e. The molecule has 2 unspecified atom stereocenters. The highest BCUT2D eigenvalue weighted by Crippen LogP contribution is 2.31. The molecule has 1 aromatic rings. The molecule has 2 atom stereocenters. The second kappa shape index (κ2) is 5.72. The van der Waals surface area contributed by atoms with Gasteiger partial charge in [-0.25, -0.2) is 0 Å². The number of ether oxygens (including phenoxy) is 1. The number of nitrogens with two attached hydrogens (primary N) is 1. The molecule has 1 aliphatic carbocycles. The fourth-order valence-corrected chi connectivity index (χ4v) is 2.10. The molecule has 0 spiro atoms. The summed E-state index contributed by atoms with van der Waals surface area (Å²) in [4.78, 5) is 0. The largest absolute Gasteiger partial charge is 0.490 e. The van der Waals surface area contributed by atoms with E-state index in [1.54, 1.807) is 0 Å². The van der Waals surface area contributed by atoms with E-state index in [9.17, 15) is 0 Å². The van der Waals surface area contributed by atoms with E-state index >= 15 is 0 Å². The summed E-state index contributed by atoms with van der Waals surface area (Å²) in [6.07, 6.45) is 2.81. The predicted molar refractivity (Wildman–Crippen MR) is 74.2 cm³/mol. The van der Waals surface area contributed by atoms with Gasteiger partial charge in [0.15, 0.2) is 0 Å². The number of benzene rings is 1. The molecular formula is C15H24N2O. The van der Waals surface area contributed by atoms with Gasteiger partial charge in [-0.15, -0.1) is 0 Å². The van der Waals surface area contributed by atoms with Crippen LogP contribution in [0.3, 0.4) is 0 Å². The number of hydrogen-bond acceptors (Lipinski definition) is 3. The van der Waals surface area contributed by atoms with Gasteiger partial charge in [0.2, 0.25) is 0 Å². The van der Waals surface area contributed by atoms with Gasteiger partial charge in [0, 0.05) is 6.04 Å². The average Bonchev–Trinajstić information content (AvgIpc) is 3.14. The molecule has 2 rings (SSSR count). The van der Waals surface area contributed by atoms with Gasteiger partial charge in [0.05, 0.1) is 6.10 Å². The fourth-order valence-electron chi connectivity index (χ4n) is 2.10. The lowest BCUT2D eigenvalue weighted by Gasteiger charge is -2.27. The van der Waals surface area contributed by atoms with Crippen molar-refractivity contribution in [2.45, 2.75) is 45.8 Å². The molecule has 0 radical (unpaired) electrons. The summed E-state index contributed by atoms with van der Waals surface area (Å²) < 4.78 is 5.83. The van der Waals surface area contributed by atoms with Crippen LogP contribution < -0.4 is 16.0 Å². The SMILES string of the molecule is CC(C)C(C)C(NN)c1cccc(OC2CC2)c1. The zero-order valence-electron chi connectivity index (χ0n) is 11.5. The minimum absolute atomic E-state index is 0.174. The molecule has 18 heavy (non-hydrogen) atoms. The third-order valence-electron chi connectivity index (χ3n) is 3.80. The number of rotatable bonds is 6. The molecule has 1 aliphatic rings. The van der Waals surface area contributed by atoms with E-state index in [1.165, 1.54) is 18.4 Å². The van der Waals surface area contributed by atoms with Crippen molar-refractivity contribution in [1.82, 2.24) is 5.43 Å². The van der Waals surface area contributed by atoms with E-state index in [1.807, 2.05) is 12.1 Å². The van der Waals surface area contributed by atoms with E-state index in [4.69, 9.17) is 10.6 Å². The van der Waals surface area contributed by atoms with E-state index in [0.29, 0.717) is 17.9 Å². The molecule has 0 aliphatic heterocycles. The first-order valence-corrected chi connectivity index (χ1v) is 6.84. The standard InChI is InChI=1S/C15H24N2O/c1-10(2)11(3)15(17-16)12-5-4-6-14(9-12)18-13-7-8-13/h4-6,9-11,13,15,17H,7-8,16H2,1-3H3. The zero-order chi connectivity index (χ0) is 13.1. The van der Waals surface area contributed by atoms with Crippen molar-refractivity contribution in [3.8, 4) is 5.75 Å². The molecule has 3 N–H and O–H groups in total. The second-order valence-electron chi connectivity index (χ2n) is 5.64. The number of hydrazine groups is 1. The minimum atomic E-state index is 0.174. The Morgan fingerprint density at radius 2 is 2.00 bits per heavy atom. The topological polar surface area (TPSA) is 47.3 Å². The number of nitrogens with one attached hydrogen (secondary N) is 1. The maximum absolute atomic E-state index is 5.83. The van der Waals surface area contributed by atoms with Crippen LogP contribution in [0.5, 0.6) is 5.75 Å². The van der Waals surface area contributed by atoms with Gasteiger partial charge in [0.1, 0.15) is 5.75 Å². The molecular weight excluding hydrogens is 224 g/mol. The molecule has 0 heterocycles. The van der Waals surface area contributed by atoms with Crippen molar-refractivity contribution in [2.24, 2.45) is 17.7 Å². The van der Waals surface area contributed by atoms with E-state index in [-0.39, 0.29) is 6.04 Å². The van der Waals surface area contributed by atoms with Crippen molar-refractivity contribution < 1.29 is 4.74 Å². The summed E-state index contributed by atoms with van der Waals surface area (Å²) >= 11 is 0. The molecule has 1 saturated carbocycles. The second-order valence-corrected chi connectivity index (χ2v) is 5.64. The smallest absolute Gasteiger partial charge is 0.120 e. The normalized spacial score (nSPS) is 18.7. The number of hydrogen-bond donors (Lipinski definition) is 2. The fraction of sp³-hybridized carbons (Fsp3) is 0.600. The molecule has 0 saturated heterocycles. The average molecular weight is 248 g/mol. The predicted octanol–water partition coefficient (Wildman–Crippen LogP) is 3.02. The summed E-state index contributed by atoms with van der Waals surface area (Å²) in [5, 5.41) is 0. The van der Waals surface area contributed by atoms with Crippen molar-refractivity contribution >= 4 is 0 Å². The van der Waals surface area contributed by atoms with Crippen LogP contribution in [-0.2, 0) is 0 Å². The Morgan fingerprint density at radius 3 is 2.56 bits per heavy atom. The Bertz CT molecular complexity index is 388. The van der Waals surface area contributed by atoms with Crippen molar-refractivity contribution in [3.63, 3.8) is 0 Å². The molecule has 100 valence electrons. The summed E-state index contributed by atoms with van der Waals surface area (Å²) in [6.45, 7) is 6.67. The van der Waals surface area contributed by atoms with Crippen LogP contribution in [0.4, 0.5) is 0 Å². The van der Waals surface area contributed by atoms with Crippen LogP contribution in [0.2, 0.25) is 0 Å². The van der Waals surface area contributed by atoms with Gasteiger partial charge in [0.25, 0.3) is 0 Å². The first-order chi connectivity index (χ1) is 8.61. The van der Waals surface area contributed by atoms with Crippen LogP contribution in [0.1, 0.15) is 45.2 Å². The molecule has 0 aromatic heterocycles. The highest BCUT2D eigenvalue weighted by molar-refractivity contribution is 5.31. The van der Waals surface area contributed by atoms with E-state index < -0.39 is 0 Å². The van der Waals surface area contributed by atoms with Crippen molar-refractivity contribution in [3.05, 3.63) is 29.8 Å². The van der Waals surface area contributed by atoms with E-state index in [0.717, 1.165) is 5.75 Å². The lowest BCUT2D eigenvalue weighted by Crippen LogP contribution is -2.34. The monoisotopic (exact) mass is 248 g/mol. The molecule has 1 aromatic carbocycles. The Kier molecular flexibility index (Phi) is 4.25. The van der Waals surface area contributed by atoms with Crippen LogP contribution in [-0.4, -0.2) is 6.10 Å². The van der Waals surface area contributed by atoms with Gasteiger partial charge < -0.3 is 4.74 Å². The first kappa shape index (κ1) is 13.4. The van der Waals surface area contributed by atoms with Crippen LogP contribution in [0, 0.1) is 11.8 Å². The van der Waals surface area contributed by atoms with Gasteiger partial charge in [-0.05, 0) is 42.4 Å². The highest BCUT2D eigenvalue weighted by Gasteiger charge is 2.25. The Labute approximate surface area is 110 Å². The van der Waals surface area contributed by atoms with Gasteiger partial charge in [-0.1, -0.05) is 32.9 Å². The third kappa shape index (κ3) is 3.24. The Morgan fingerprint density at radius 1 is 1.28 bits per heavy atom. The molecule has 3 heteroatoms. The van der Waals surface area contributed by atoms with Crippen LogP contribution in [0.25, 0.3) is 0 Å². The van der Waals surface area contributed by atoms with Gasteiger partial charge in [-0.2, -0.15) is 0 Å². The van der Waals surface area contributed by atoms with Crippen molar-refractivity contribution in [1.29, 1.82) is 0 Å². The molecule has 3 nitrogen and oxygen atoms in total. The maximum atomic E-state index is 5.83. The van der Waals surface area contributed by atoms with Gasteiger partial charge >= 0.3 is 0 Å². The summed E-state index contributed by atoms with van der Waals surface area (Å²) in [5.74, 6) is 7.74. The lowest BCUT2D eigenvalue weighted by molar-refractivity contribution is 0.294.